The van der Waals surface area contributed by atoms with Gasteiger partial charge in [-0.05, 0) is 50.3 Å². The van der Waals surface area contributed by atoms with Crippen LogP contribution in [0.2, 0.25) is 0 Å². The minimum absolute atomic E-state index is 0.0603. The lowest BCUT2D eigenvalue weighted by atomic mass is 9.76. The summed E-state index contributed by atoms with van der Waals surface area (Å²) >= 11 is 0. The molecule has 1 fully saturated rings. The predicted molar refractivity (Wildman–Crippen MR) is 113 cm³/mol. The minimum atomic E-state index is -0.305. The number of amides is 1. The van der Waals surface area contributed by atoms with E-state index in [0.29, 0.717) is 25.3 Å². The number of aromatic nitrogens is 1. The SMILES string of the molecule is CCOC(=O)N1CCC(C2c3ccc(C)cc3C([N+](=O)[O-])=Cc3cccnc32)CC1. The van der Waals surface area contributed by atoms with Gasteiger partial charge < -0.3 is 9.64 Å². The third-order valence-electron chi connectivity index (χ3n) is 6.01. The fourth-order valence-electron chi connectivity index (χ4n) is 4.61. The van der Waals surface area contributed by atoms with Crippen LogP contribution in [0.15, 0.2) is 36.5 Å². The number of hydrogen-bond donors (Lipinski definition) is 0. The summed E-state index contributed by atoms with van der Waals surface area (Å²) in [6.07, 6.45) is 4.71. The highest BCUT2D eigenvalue weighted by atomic mass is 16.6. The van der Waals surface area contributed by atoms with Gasteiger partial charge in [-0.1, -0.05) is 23.8 Å². The van der Waals surface area contributed by atoms with Crippen LogP contribution in [0.5, 0.6) is 0 Å². The zero-order chi connectivity index (χ0) is 21.3. The number of carbonyl (C=O) groups is 1. The Labute approximate surface area is 175 Å². The fraction of sp³-hybridized carbons (Fsp3) is 0.391. The van der Waals surface area contributed by atoms with Crippen molar-refractivity contribution in [2.45, 2.75) is 32.6 Å². The predicted octanol–water partition coefficient (Wildman–Crippen LogP) is 4.48. The molecule has 0 radical (unpaired) electrons. The molecule has 0 bridgehead atoms. The van der Waals surface area contributed by atoms with Gasteiger partial charge in [0.1, 0.15) is 0 Å². The largest absolute Gasteiger partial charge is 0.450 e. The second-order valence-corrected chi connectivity index (χ2v) is 7.86. The number of rotatable bonds is 3. The van der Waals surface area contributed by atoms with Gasteiger partial charge >= 0.3 is 6.09 Å². The molecule has 4 rings (SSSR count). The number of carbonyl (C=O) groups excluding carboxylic acids is 1. The lowest BCUT2D eigenvalue weighted by molar-refractivity contribution is -0.374. The van der Waals surface area contributed by atoms with Gasteiger partial charge in [0.2, 0.25) is 0 Å². The van der Waals surface area contributed by atoms with E-state index >= 15 is 0 Å². The van der Waals surface area contributed by atoms with Crippen molar-refractivity contribution in [3.05, 3.63) is 74.6 Å². The number of hydrogen-bond acceptors (Lipinski definition) is 5. The second kappa shape index (κ2) is 8.26. The standard InChI is InChI=1S/C23H25N3O4/c1-3-30-23(27)25-11-8-16(9-12-25)21-18-7-6-15(2)13-19(18)20(26(28)29)14-17-5-4-10-24-22(17)21/h4-7,10,13-14,16,21H,3,8-9,11-12H2,1-2H3. The van der Waals surface area contributed by atoms with E-state index in [-0.39, 0.29) is 28.5 Å². The molecule has 1 aliphatic carbocycles. The monoisotopic (exact) mass is 407 g/mol. The van der Waals surface area contributed by atoms with Gasteiger partial charge in [-0.25, -0.2) is 4.79 Å². The molecule has 1 aromatic carbocycles. The molecule has 7 heteroatoms. The Morgan fingerprint density at radius 2 is 2.07 bits per heavy atom. The first kappa shape index (κ1) is 20.1. The number of pyridine rings is 1. The summed E-state index contributed by atoms with van der Waals surface area (Å²) in [6.45, 7) is 5.33. The molecule has 1 aromatic heterocycles. The van der Waals surface area contributed by atoms with Gasteiger partial charge in [-0.3, -0.25) is 15.1 Å². The van der Waals surface area contributed by atoms with Gasteiger partial charge in [0, 0.05) is 36.8 Å². The molecule has 1 unspecified atom stereocenters. The summed E-state index contributed by atoms with van der Waals surface area (Å²) in [5.41, 5.74) is 4.35. The van der Waals surface area contributed by atoms with Gasteiger partial charge in [-0.2, -0.15) is 0 Å². The summed E-state index contributed by atoms with van der Waals surface area (Å²) in [4.78, 5) is 30.1. The summed E-state index contributed by atoms with van der Waals surface area (Å²) in [7, 11) is 0. The van der Waals surface area contributed by atoms with E-state index in [1.165, 1.54) is 0 Å². The van der Waals surface area contributed by atoms with E-state index in [0.717, 1.165) is 35.2 Å². The summed E-state index contributed by atoms with van der Waals surface area (Å²) < 4.78 is 5.14. The van der Waals surface area contributed by atoms with Crippen molar-refractivity contribution in [3.8, 4) is 0 Å². The van der Waals surface area contributed by atoms with Crippen molar-refractivity contribution < 1.29 is 14.5 Å². The highest BCUT2D eigenvalue weighted by molar-refractivity contribution is 5.81. The van der Waals surface area contributed by atoms with Crippen LogP contribution < -0.4 is 0 Å². The van der Waals surface area contributed by atoms with Crippen molar-refractivity contribution in [1.82, 2.24) is 9.88 Å². The van der Waals surface area contributed by atoms with Crippen LogP contribution in [0.1, 0.15) is 53.6 Å². The zero-order valence-electron chi connectivity index (χ0n) is 17.2. The van der Waals surface area contributed by atoms with Crippen molar-refractivity contribution in [3.63, 3.8) is 0 Å². The van der Waals surface area contributed by atoms with Crippen molar-refractivity contribution in [2.75, 3.05) is 19.7 Å². The Bertz CT molecular complexity index is 1010. The molecule has 30 heavy (non-hydrogen) atoms. The Balaban J connectivity index is 1.76. The lowest BCUT2D eigenvalue weighted by Crippen LogP contribution is -2.40. The normalized spacial score (nSPS) is 18.7. The second-order valence-electron chi connectivity index (χ2n) is 7.86. The first-order valence-corrected chi connectivity index (χ1v) is 10.3. The molecule has 0 N–H and O–H groups in total. The first-order valence-electron chi connectivity index (χ1n) is 10.3. The number of ether oxygens (including phenoxy) is 1. The van der Waals surface area contributed by atoms with Gasteiger partial charge in [0.25, 0.3) is 5.70 Å². The van der Waals surface area contributed by atoms with E-state index in [4.69, 9.17) is 4.74 Å². The molecule has 2 heterocycles. The van der Waals surface area contributed by atoms with Gasteiger partial charge in [0.15, 0.2) is 0 Å². The van der Waals surface area contributed by atoms with Crippen LogP contribution in [0.3, 0.4) is 0 Å². The molecule has 7 nitrogen and oxygen atoms in total. The number of nitro groups is 1. The molecule has 1 saturated heterocycles. The molecule has 2 aliphatic rings. The Kier molecular flexibility index (Phi) is 5.53. The number of fused-ring (bicyclic) bond motifs is 2. The number of aryl methyl sites for hydroxylation is 1. The van der Waals surface area contributed by atoms with Crippen LogP contribution >= 0.6 is 0 Å². The average molecular weight is 407 g/mol. The molecular formula is C23H25N3O4. The molecule has 1 amide bonds. The van der Waals surface area contributed by atoms with E-state index in [9.17, 15) is 14.9 Å². The fourth-order valence-corrected chi connectivity index (χ4v) is 4.61. The third-order valence-corrected chi connectivity index (χ3v) is 6.01. The Morgan fingerprint density at radius 1 is 1.30 bits per heavy atom. The number of benzene rings is 1. The van der Waals surface area contributed by atoms with Crippen molar-refractivity contribution in [2.24, 2.45) is 5.92 Å². The van der Waals surface area contributed by atoms with Crippen molar-refractivity contribution >= 4 is 17.9 Å². The summed E-state index contributed by atoms with van der Waals surface area (Å²) in [5, 5.41) is 11.9. The summed E-state index contributed by atoms with van der Waals surface area (Å²) in [6, 6.07) is 9.62. The third kappa shape index (κ3) is 3.67. The highest BCUT2D eigenvalue weighted by Gasteiger charge is 2.37. The maximum atomic E-state index is 12.1. The molecule has 1 aliphatic heterocycles. The van der Waals surface area contributed by atoms with Crippen molar-refractivity contribution in [1.29, 1.82) is 0 Å². The molecule has 2 aromatic rings. The minimum Gasteiger partial charge on any atom is -0.450 e. The van der Waals surface area contributed by atoms with Crippen LogP contribution in [-0.2, 0) is 4.74 Å². The molecule has 0 spiro atoms. The van der Waals surface area contributed by atoms with E-state index in [1.807, 2.05) is 37.3 Å². The van der Waals surface area contributed by atoms with E-state index < -0.39 is 0 Å². The highest BCUT2D eigenvalue weighted by Crippen LogP contribution is 2.44. The maximum absolute atomic E-state index is 12.1. The Morgan fingerprint density at radius 3 is 2.77 bits per heavy atom. The van der Waals surface area contributed by atoms with Crippen LogP contribution in [-0.4, -0.2) is 40.6 Å². The molecular weight excluding hydrogens is 382 g/mol. The average Bonchev–Trinajstić information content (AvgIpc) is 2.88. The first-order chi connectivity index (χ1) is 14.5. The van der Waals surface area contributed by atoms with Crippen LogP contribution in [0.25, 0.3) is 11.8 Å². The van der Waals surface area contributed by atoms with Gasteiger partial charge in [0.05, 0.1) is 22.8 Å². The molecule has 156 valence electrons. The number of piperidine rings is 1. The quantitative estimate of drug-likeness (QED) is 0.553. The van der Waals surface area contributed by atoms with Crippen LogP contribution in [0.4, 0.5) is 4.79 Å². The number of nitrogens with zero attached hydrogens (tertiary/aromatic N) is 3. The summed E-state index contributed by atoms with van der Waals surface area (Å²) in [5.74, 6) is 0.167. The molecule has 0 saturated carbocycles. The van der Waals surface area contributed by atoms with E-state index in [1.54, 1.807) is 24.1 Å². The maximum Gasteiger partial charge on any atom is 0.409 e. The zero-order valence-corrected chi connectivity index (χ0v) is 17.2. The van der Waals surface area contributed by atoms with E-state index in [2.05, 4.69) is 4.98 Å². The Hall–Kier alpha value is -3.22. The lowest BCUT2D eigenvalue weighted by Gasteiger charge is -2.36. The number of likely N-dealkylation sites (tertiary alicyclic amines) is 1. The topological polar surface area (TPSA) is 85.6 Å². The smallest absolute Gasteiger partial charge is 0.409 e. The van der Waals surface area contributed by atoms with Gasteiger partial charge in [-0.15, -0.1) is 0 Å². The molecule has 1 atom stereocenters. The van der Waals surface area contributed by atoms with Crippen LogP contribution in [0, 0.1) is 23.0 Å².